The number of allylic oxidation sites excluding steroid dienone is 2. The molecule has 6 nitrogen and oxygen atoms in total. The van der Waals surface area contributed by atoms with Crippen LogP contribution >= 0.6 is 17.3 Å². The smallest absolute Gasteiger partial charge is 0.220 e. The first-order valence-electron chi connectivity index (χ1n) is 8.41. The second kappa shape index (κ2) is 16.8. The van der Waals surface area contributed by atoms with Crippen molar-refractivity contribution < 1.29 is 19.1 Å². The second-order valence-electron chi connectivity index (χ2n) is 5.42. The minimum Gasteiger partial charge on any atom is -0.375 e. The van der Waals surface area contributed by atoms with Crippen LogP contribution in [0.1, 0.15) is 26.7 Å². The van der Waals surface area contributed by atoms with E-state index in [0.29, 0.717) is 47.6 Å². The molecule has 0 bridgehead atoms. The molecule has 0 aromatic rings. The first kappa shape index (κ1) is 24.4. The number of likely N-dealkylation sites (N-methyl/N-ethyl adjacent to an activating group) is 1. The van der Waals surface area contributed by atoms with Crippen LogP contribution < -0.4 is 5.32 Å². The van der Waals surface area contributed by atoms with Gasteiger partial charge in [0.05, 0.1) is 32.0 Å². The molecule has 1 N–H and O–H groups in total. The minimum atomic E-state index is -0.229. The van der Waals surface area contributed by atoms with Crippen LogP contribution in [0.3, 0.4) is 0 Å². The van der Waals surface area contributed by atoms with E-state index in [4.69, 9.17) is 9.47 Å². The highest BCUT2D eigenvalue weighted by atomic mass is 32.0. The fourth-order valence-electron chi connectivity index (χ4n) is 1.86. The van der Waals surface area contributed by atoms with Gasteiger partial charge < -0.3 is 19.6 Å². The fraction of sp³-hybridized carbons (Fsp3) is 0.647. The maximum Gasteiger partial charge on any atom is 0.220 e. The van der Waals surface area contributed by atoms with Gasteiger partial charge in [-0.05, 0) is 35.7 Å². The van der Waals surface area contributed by atoms with E-state index in [0.717, 1.165) is 6.29 Å². The molecule has 3 unspecified atom stereocenters. The summed E-state index contributed by atoms with van der Waals surface area (Å²) in [6.45, 7) is 5.67. The number of carbonyl (C=O) groups excluding carboxylic acids is 2. The summed E-state index contributed by atoms with van der Waals surface area (Å²) >= 11 is 0. The maximum atomic E-state index is 12.0. The third-order valence-electron chi connectivity index (χ3n) is 3.47. The van der Waals surface area contributed by atoms with Gasteiger partial charge in [0.1, 0.15) is 6.29 Å². The molecule has 0 aliphatic heterocycles. The van der Waals surface area contributed by atoms with Gasteiger partial charge in [0.2, 0.25) is 5.91 Å². The van der Waals surface area contributed by atoms with Gasteiger partial charge in [-0.2, -0.15) is 0 Å². The molecule has 0 saturated heterocycles. The van der Waals surface area contributed by atoms with Crippen molar-refractivity contribution in [3.63, 3.8) is 0 Å². The van der Waals surface area contributed by atoms with Gasteiger partial charge in [-0.1, -0.05) is 33.2 Å². The zero-order chi connectivity index (χ0) is 18.9. The maximum absolute atomic E-state index is 12.0. The van der Waals surface area contributed by atoms with E-state index in [1.807, 2.05) is 49.9 Å². The molecule has 0 radical (unpaired) electrons. The number of carbonyl (C=O) groups is 2. The highest BCUT2D eigenvalue weighted by Gasteiger charge is 2.15. The van der Waals surface area contributed by atoms with Crippen molar-refractivity contribution in [3.05, 3.63) is 24.3 Å². The van der Waals surface area contributed by atoms with E-state index in [-0.39, 0.29) is 18.1 Å². The number of aldehydes is 1. The Morgan fingerprint density at radius 2 is 1.96 bits per heavy atom. The Balaban J connectivity index is 4.25. The SMILES string of the molecule is CC=CCOCC(CNC(=O)CC[C@@H](C=O)N(C)PP)OCC=CC. The number of rotatable bonds is 15. The Morgan fingerprint density at radius 1 is 1.28 bits per heavy atom. The third-order valence-corrected chi connectivity index (χ3v) is 5.43. The van der Waals surface area contributed by atoms with Gasteiger partial charge in [-0.25, -0.2) is 0 Å². The average Bonchev–Trinajstić information content (AvgIpc) is 2.62. The third kappa shape index (κ3) is 13.3. The lowest BCUT2D eigenvalue weighted by atomic mass is 10.1. The molecule has 144 valence electrons. The molecule has 0 aromatic carbocycles. The fourth-order valence-corrected chi connectivity index (χ4v) is 2.82. The molecule has 8 heteroatoms. The minimum absolute atomic E-state index is 0.0829. The van der Waals surface area contributed by atoms with Crippen LogP contribution in [0.15, 0.2) is 24.3 Å². The van der Waals surface area contributed by atoms with Crippen molar-refractivity contribution >= 4 is 29.5 Å². The Labute approximate surface area is 155 Å². The Hall–Kier alpha value is -0.640. The highest BCUT2D eigenvalue weighted by Crippen LogP contribution is 2.27. The molecular formula is C17H32N2O4P2. The van der Waals surface area contributed by atoms with Crippen LogP contribution in [0.2, 0.25) is 0 Å². The first-order valence-corrected chi connectivity index (χ1v) is 11.2. The lowest BCUT2D eigenvalue weighted by Gasteiger charge is -2.21. The zero-order valence-electron chi connectivity index (χ0n) is 15.4. The van der Waals surface area contributed by atoms with Crippen LogP contribution in [0.25, 0.3) is 0 Å². The van der Waals surface area contributed by atoms with Crippen LogP contribution in [0.4, 0.5) is 0 Å². The number of nitrogens with one attached hydrogen (secondary N) is 1. The first-order chi connectivity index (χ1) is 12.1. The standard InChI is InChI=1S/C17H32N2O4P2/c1-4-6-10-22-14-16(23-11-7-5-2)12-18-17(21)9-8-15(13-20)19(3)25-24/h4-7,13,15-16,25H,8-12,14,24H2,1-3H3,(H,18,21)/t15-,16?/m0/s1. The molecule has 0 heterocycles. The van der Waals surface area contributed by atoms with Gasteiger partial charge in [-0.3, -0.25) is 9.46 Å². The Kier molecular flexibility index (Phi) is 16.4. The quantitative estimate of drug-likeness (QED) is 0.201. The number of nitrogens with zero attached hydrogens (tertiary/aromatic N) is 1. The number of hydrogen-bond acceptors (Lipinski definition) is 5. The molecule has 25 heavy (non-hydrogen) atoms. The Morgan fingerprint density at radius 3 is 2.56 bits per heavy atom. The van der Waals surface area contributed by atoms with E-state index in [9.17, 15) is 9.59 Å². The van der Waals surface area contributed by atoms with Crippen molar-refractivity contribution in [1.82, 2.24) is 9.99 Å². The monoisotopic (exact) mass is 390 g/mol. The Bertz CT molecular complexity index is 419. The van der Waals surface area contributed by atoms with E-state index >= 15 is 0 Å². The number of ether oxygens (including phenoxy) is 2. The molecule has 0 aliphatic rings. The van der Waals surface area contributed by atoms with E-state index in [1.165, 1.54) is 0 Å². The van der Waals surface area contributed by atoms with Crippen LogP contribution in [-0.2, 0) is 19.1 Å². The van der Waals surface area contributed by atoms with Crippen LogP contribution in [0, 0.1) is 0 Å². The van der Waals surface area contributed by atoms with Crippen molar-refractivity contribution in [2.75, 3.05) is 33.4 Å². The van der Waals surface area contributed by atoms with Crippen molar-refractivity contribution in [3.8, 4) is 0 Å². The molecule has 4 atom stereocenters. The highest BCUT2D eigenvalue weighted by molar-refractivity contribution is 8.01. The molecular weight excluding hydrogens is 358 g/mol. The summed E-state index contributed by atoms with van der Waals surface area (Å²) in [6.07, 6.45) is 9.18. The molecule has 0 spiro atoms. The molecule has 0 rings (SSSR count). The molecule has 0 saturated carbocycles. The summed E-state index contributed by atoms with van der Waals surface area (Å²) in [7, 11) is 4.93. The van der Waals surface area contributed by atoms with Crippen molar-refractivity contribution in [2.24, 2.45) is 0 Å². The number of amides is 1. The van der Waals surface area contributed by atoms with Crippen molar-refractivity contribution in [2.45, 2.75) is 38.8 Å². The largest absolute Gasteiger partial charge is 0.375 e. The normalized spacial score (nSPS) is 14.8. The summed E-state index contributed by atoms with van der Waals surface area (Å²) in [5.41, 5.74) is 0. The summed E-state index contributed by atoms with van der Waals surface area (Å²) in [5, 5.41) is 2.86. The zero-order valence-corrected chi connectivity index (χ0v) is 17.6. The average molecular weight is 390 g/mol. The summed E-state index contributed by atoms with van der Waals surface area (Å²) in [4.78, 5) is 23.1. The molecule has 0 aromatic heterocycles. The van der Waals surface area contributed by atoms with Crippen LogP contribution in [-0.4, -0.2) is 62.4 Å². The summed E-state index contributed by atoms with van der Waals surface area (Å²) in [5.74, 6) is -0.0829. The molecule has 0 aliphatic carbocycles. The van der Waals surface area contributed by atoms with E-state index < -0.39 is 0 Å². The van der Waals surface area contributed by atoms with Gasteiger partial charge in [0.25, 0.3) is 0 Å². The predicted molar refractivity (Wildman–Crippen MR) is 108 cm³/mol. The van der Waals surface area contributed by atoms with E-state index in [2.05, 4.69) is 14.2 Å². The summed E-state index contributed by atoms with van der Waals surface area (Å²) in [6, 6.07) is -0.229. The lowest BCUT2D eigenvalue weighted by molar-refractivity contribution is -0.122. The lowest BCUT2D eigenvalue weighted by Crippen LogP contribution is -2.37. The molecule has 1 amide bonds. The van der Waals surface area contributed by atoms with Gasteiger partial charge in [0.15, 0.2) is 0 Å². The number of hydrogen-bond donors (Lipinski definition) is 1. The van der Waals surface area contributed by atoms with Crippen molar-refractivity contribution in [1.29, 1.82) is 0 Å². The van der Waals surface area contributed by atoms with Gasteiger partial charge >= 0.3 is 0 Å². The summed E-state index contributed by atoms with van der Waals surface area (Å²) < 4.78 is 13.1. The molecule has 0 fully saturated rings. The van der Waals surface area contributed by atoms with Crippen LogP contribution in [0.5, 0.6) is 0 Å². The topological polar surface area (TPSA) is 67.9 Å². The van der Waals surface area contributed by atoms with Gasteiger partial charge in [-0.15, -0.1) is 0 Å². The van der Waals surface area contributed by atoms with E-state index in [1.54, 1.807) is 0 Å². The second-order valence-corrected chi connectivity index (χ2v) is 7.16. The van der Waals surface area contributed by atoms with Gasteiger partial charge in [0, 0.05) is 13.0 Å². The predicted octanol–water partition coefficient (Wildman–Crippen LogP) is 2.32.